The molecule has 0 atom stereocenters. The number of rotatable bonds is 50. The topological polar surface area (TPSA) is 114 Å². The molecule has 0 aromatic heterocycles. The molecule has 0 spiro atoms. The number of aryl methyl sites for hydroxylation is 2. The molecule has 0 amide bonds. The van der Waals surface area contributed by atoms with Crippen LogP contribution in [0.2, 0.25) is 0 Å². The maximum absolute atomic E-state index is 11.0. The Morgan fingerprint density at radius 3 is 0.535 bits per heavy atom. The van der Waals surface area contributed by atoms with E-state index in [1.807, 2.05) is 0 Å². The number of unbranched alkanes of at least 4 members (excludes halogenated alkanes) is 44. The molecular formula is C62H110MgO6S2. The van der Waals surface area contributed by atoms with Crippen LogP contribution in [0.5, 0.6) is 0 Å². The SMILES string of the molecule is CCCCCCCCCCCCCCCCCCCCCCCCCc1ccc(S(=O)(=O)[O-])cc1.CCCCCCCCCCCCCCCCCCCCCCCCCc1ccc(S(=O)(=O)[O-])cc1.[Mg+2]. The molecule has 0 saturated heterocycles. The molecule has 0 fully saturated rings. The first kappa shape index (κ1) is 70.0. The molecule has 0 aliphatic heterocycles. The standard InChI is InChI=1S/2C31H56O3S.Mg/c2*1-2-3-4-5-6-7-8-9-10-11-12-13-14-15-16-17-18-19-20-21-22-23-24-25-30-26-28-31(29-27-30)35(32,33)34;/h2*26-29H,2-25H2,1H3,(H,32,33,34);/q;;+2/p-2. The number of hydrogen-bond acceptors (Lipinski definition) is 6. The van der Waals surface area contributed by atoms with E-state index in [0.29, 0.717) is 0 Å². The third-order valence-corrected chi connectivity index (χ3v) is 16.3. The predicted molar refractivity (Wildman–Crippen MR) is 306 cm³/mol. The Balaban J connectivity index is 0.00000136. The Kier molecular flexibility index (Phi) is 50.4. The zero-order chi connectivity index (χ0) is 50.9. The summed E-state index contributed by atoms with van der Waals surface area (Å²) in [6.07, 6.45) is 66.1. The van der Waals surface area contributed by atoms with E-state index in [2.05, 4.69) is 13.8 Å². The van der Waals surface area contributed by atoms with E-state index < -0.39 is 20.2 Å². The molecular weight excluding hydrogens is 929 g/mol. The Labute approximate surface area is 457 Å². The first-order valence-corrected chi connectivity index (χ1v) is 33.0. The number of benzene rings is 2. The van der Waals surface area contributed by atoms with Crippen LogP contribution in [0.1, 0.15) is 320 Å². The van der Waals surface area contributed by atoms with Crippen molar-refractivity contribution in [3.63, 3.8) is 0 Å². The largest absolute Gasteiger partial charge is 2.00 e. The summed E-state index contributed by atoms with van der Waals surface area (Å²) in [4.78, 5) is -0.267. The van der Waals surface area contributed by atoms with E-state index in [0.717, 1.165) is 36.8 Å². The van der Waals surface area contributed by atoms with Crippen molar-refractivity contribution in [2.24, 2.45) is 0 Å². The van der Waals surface area contributed by atoms with Gasteiger partial charge in [0, 0.05) is 0 Å². The van der Waals surface area contributed by atoms with Crippen LogP contribution >= 0.6 is 0 Å². The Bertz CT molecular complexity index is 1490. The van der Waals surface area contributed by atoms with Crippen LogP contribution in [0, 0.1) is 0 Å². The van der Waals surface area contributed by atoms with Gasteiger partial charge in [0.25, 0.3) is 0 Å². The predicted octanol–water partition coefficient (Wildman–Crippen LogP) is 19.9. The molecule has 0 N–H and O–H groups in total. The molecule has 2 aromatic carbocycles. The summed E-state index contributed by atoms with van der Waals surface area (Å²) in [7, 11) is -8.65. The van der Waals surface area contributed by atoms with Crippen LogP contribution in [0.3, 0.4) is 0 Å². The minimum atomic E-state index is -4.33. The van der Waals surface area contributed by atoms with E-state index in [4.69, 9.17) is 0 Å². The molecule has 0 unspecified atom stereocenters. The van der Waals surface area contributed by atoms with Gasteiger partial charge in [-0.1, -0.05) is 321 Å². The summed E-state index contributed by atoms with van der Waals surface area (Å²) in [6.45, 7) is 4.58. The maximum Gasteiger partial charge on any atom is 2.00 e. The van der Waals surface area contributed by atoms with Gasteiger partial charge in [-0.3, -0.25) is 0 Å². The fourth-order valence-corrected chi connectivity index (χ4v) is 10.8. The second-order valence-corrected chi connectivity index (χ2v) is 24.0. The van der Waals surface area contributed by atoms with Crippen LogP contribution in [0.4, 0.5) is 0 Å². The van der Waals surface area contributed by atoms with E-state index in [-0.39, 0.29) is 32.8 Å². The fourth-order valence-electron chi connectivity index (χ4n) is 9.87. The molecule has 408 valence electrons. The Morgan fingerprint density at radius 2 is 0.394 bits per heavy atom. The van der Waals surface area contributed by atoms with Gasteiger partial charge >= 0.3 is 23.1 Å². The summed E-state index contributed by atoms with van der Waals surface area (Å²) in [5, 5.41) is 0. The molecule has 2 rings (SSSR count). The molecule has 9 heteroatoms. The van der Waals surface area contributed by atoms with Gasteiger partial charge in [-0.05, 0) is 61.1 Å². The van der Waals surface area contributed by atoms with Crippen molar-refractivity contribution in [1.29, 1.82) is 0 Å². The molecule has 0 saturated carbocycles. The minimum Gasteiger partial charge on any atom is -0.744 e. The Hall–Kier alpha value is -0.974. The van der Waals surface area contributed by atoms with Gasteiger partial charge in [-0.15, -0.1) is 0 Å². The fraction of sp³-hybridized carbons (Fsp3) is 0.806. The van der Waals surface area contributed by atoms with E-state index in [1.54, 1.807) is 24.3 Å². The van der Waals surface area contributed by atoms with Crippen molar-refractivity contribution in [2.45, 2.75) is 332 Å². The molecule has 0 bridgehead atoms. The summed E-state index contributed by atoms with van der Waals surface area (Å²) in [5.74, 6) is 0. The van der Waals surface area contributed by atoms with Crippen LogP contribution in [-0.2, 0) is 33.1 Å². The van der Waals surface area contributed by atoms with Gasteiger partial charge < -0.3 is 9.11 Å². The minimum absolute atomic E-state index is 0. The van der Waals surface area contributed by atoms with Crippen molar-refractivity contribution in [1.82, 2.24) is 0 Å². The molecule has 2 aromatic rings. The summed E-state index contributed by atoms with van der Waals surface area (Å²) in [5.41, 5.74) is 2.22. The maximum atomic E-state index is 11.0. The van der Waals surface area contributed by atoms with Crippen LogP contribution in [0.25, 0.3) is 0 Å². The van der Waals surface area contributed by atoms with Crippen LogP contribution in [-0.4, -0.2) is 49.0 Å². The van der Waals surface area contributed by atoms with E-state index in [9.17, 15) is 25.9 Å². The first-order chi connectivity index (χ1) is 34.1. The van der Waals surface area contributed by atoms with Crippen molar-refractivity contribution >= 4 is 43.3 Å². The molecule has 0 aliphatic carbocycles. The normalized spacial score (nSPS) is 11.7. The van der Waals surface area contributed by atoms with Gasteiger partial charge in [-0.25, -0.2) is 16.8 Å². The molecule has 0 aliphatic rings. The second kappa shape index (κ2) is 51.1. The van der Waals surface area contributed by atoms with Crippen molar-refractivity contribution < 1.29 is 25.9 Å². The quantitative estimate of drug-likeness (QED) is 0.0370. The second-order valence-electron chi connectivity index (χ2n) is 21.3. The summed E-state index contributed by atoms with van der Waals surface area (Å²) < 4.78 is 65.7. The average molecular weight is 1040 g/mol. The van der Waals surface area contributed by atoms with Crippen LogP contribution in [0.15, 0.2) is 58.3 Å². The summed E-state index contributed by atoms with van der Waals surface area (Å²) in [6, 6.07) is 12.8. The zero-order valence-electron chi connectivity index (χ0n) is 46.5. The van der Waals surface area contributed by atoms with Crippen LogP contribution < -0.4 is 0 Å². The Morgan fingerprint density at radius 1 is 0.254 bits per heavy atom. The first-order valence-electron chi connectivity index (χ1n) is 30.2. The third kappa shape index (κ3) is 47.2. The van der Waals surface area contributed by atoms with Gasteiger partial charge in [0.1, 0.15) is 20.2 Å². The van der Waals surface area contributed by atoms with Gasteiger partial charge in [0.2, 0.25) is 0 Å². The van der Waals surface area contributed by atoms with Gasteiger partial charge in [0.15, 0.2) is 0 Å². The van der Waals surface area contributed by atoms with Gasteiger partial charge in [-0.2, -0.15) is 0 Å². The van der Waals surface area contributed by atoms with Gasteiger partial charge in [0.05, 0.1) is 9.79 Å². The third-order valence-electron chi connectivity index (χ3n) is 14.6. The average Bonchev–Trinajstić information content (AvgIpc) is 3.34. The van der Waals surface area contributed by atoms with E-state index in [1.165, 1.54) is 307 Å². The molecule has 0 radical (unpaired) electrons. The summed E-state index contributed by atoms with van der Waals surface area (Å²) >= 11 is 0. The molecule has 0 heterocycles. The molecule has 6 nitrogen and oxygen atoms in total. The van der Waals surface area contributed by atoms with E-state index >= 15 is 0 Å². The smallest absolute Gasteiger partial charge is 0.744 e. The molecule has 71 heavy (non-hydrogen) atoms. The van der Waals surface area contributed by atoms with Crippen molar-refractivity contribution in [2.75, 3.05) is 0 Å². The van der Waals surface area contributed by atoms with Crippen molar-refractivity contribution in [3.8, 4) is 0 Å². The zero-order valence-corrected chi connectivity index (χ0v) is 49.6. The monoisotopic (exact) mass is 1040 g/mol. The van der Waals surface area contributed by atoms with Crippen molar-refractivity contribution in [3.05, 3.63) is 59.7 Å². The number of hydrogen-bond donors (Lipinski definition) is 0.